The molecule has 0 radical (unpaired) electrons. The van der Waals surface area contributed by atoms with Crippen LogP contribution >= 0.6 is 11.6 Å². The summed E-state index contributed by atoms with van der Waals surface area (Å²) in [7, 11) is 0. The average Bonchev–Trinajstić information content (AvgIpc) is 3.64. The maximum atomic E-state index is 13.4. The minimum Gasteiger partial charge on any atom is -0.354 e. The van der Waals surface area contributed by atoms with Gasteiger partial charge in [0.15, 0.2) is 0 Å². The topological polar surface area (TPSA) is 97.1 Å². The number of carbonyl (C=O) groups excluding carboxylic acids is 2. The first-order chi connectivity index (χ1) is 16.9. The number of pyridine rings is 1. The number of anilines is 1. The van der Waals surface area contributed by atoms with Gasteiger partial charge in [0.25, 0.3) is 0 Å². The van der Waals surface area contributed by atoms with Crippen LogP contribution in [0.2, 0.25) is 5.02 Å². The quantitative estimate of drug-likeness (QED) is 0.537. The summed E-state index contributed by atoms with van der Waals surface area (Å²) in [5.74, 6) is 1.45. The Balaban J connectivity index is 1.11. The van der Waals surface area contributed by atoms with Crippen molar-refractivity contribution < 1.29 is 9.59 Å². The lowest BCUT2D eigenvalue weighted by atomic mass is 9.45. The first-order valence-corrected chi connectivity index (χ1v) is 13.3. The van der Waals surface area contributed by atoms with Crippen LogP contribution in [0.4, 0.5) is 5.69 Å². The van der Waals surface area contributed by atoms with Crippen LogP contribution in [0.1, 0.15) is 50.5 Å². The molecule has 1 heterocycles. The van der Waals surface area contributed by atoms with Crippen LogP contribution < -0.4 is 16.4 Å². The van der Waals surface area contributed by atoms with E-state index in [2.05, 4.69) is 27.8 Å². The van der Waals surface area contributed by atoms with Crippen molar-refractivity contribution in [2.24, 2.45) is 34.8 Å². The lowest BCUT2D eigenvalue weighted by Gasteiger charge is -2.60. The van der Waals surface area contributed by atoms with Gasteiger partial charge < -0.3 is 16.4 Å². The van der Waals surface area contributed by atoms with E-state index in [1.54, 1.807) is 12.4 Å². The zero-order valence-electron chi connectivity index (χ0n) is 19.9. The minimum atomic E-state index is -0.522. The number of carbonyl (C=O) groups is 2. The molecular formula is C28H33ClN4O2. The molecule has 6 nitrogen and oxygen atoms in total. The number of benzene rings is 1. The molecule has 7 rings (SSSR count). The van der Waals surface area contributed by atoms with Crippen molar-refractivity contribution in [2.45, 2.75) is 56.4 Å². The molecule has 7 heteroatoms. The van der Waals surface area contributed by atoms with Crippen molar-refractivity contribution in [3.63, 3.8) is 0 Å². The first-order valence-electron chi connectivity index (χ1n) is 12.9. The number of nitrogens with zero attached hydrogens (tertiary/aromatic N) is 1. The highest BCUT2D eigenvalue weighted by atomic mass is 35.5. The first kappa shape index (κ1) is 23.0. The summed E-state index contributed by atoms with van der Waals surface area (Å²) in [6.45, 7) is 0.615. The molecule has 3 unspecified atom stereocenters. The molecule has 35 heavy (non-hydrogen) atoms. The number of aromatic nitrogens is 1. The molecule has 5 saturated carbocycles. The van der Waals surface area contributed by atoms with Gasteiger partial charge in [0, 0.05) is 35.1 Å². The predicted molar refractivity (Wildman–Crippen MR) is 136 cm³/mol. The molecule has 5 aliphatic carbocycles. The molecule has 0 saturated heterocycles. The summed E-state index contributed by atoms with van der Waals surface area (Å²) in [4.78, 5) is 30.7. The van der Waals surface area contributed by atoms with E-state index in [1.807, 2.05) is 24.3 Å². The SMILES string of the molecule is NC(C(=O)NCC1(c2ccc(Cl)cc2)CC1)C1C2CC3CC1CC(C(=O)Nc1ccncc1)(C3)C2. The van der Waals surface area contributed by atoms with Gasteiger partial charge in [0.05, 0.1) is 11.5 Å². The summed E-state index contributed by atoms with van der Waals surface area (Å²) in [6.07, 6.45) is 10.3. The van der Waals surface area contributed by atoms with Gasteiger partial charge in [-0.15, -0.1) is 0 Å². The highest BCUT2D eigenvalue weighted by Crippen LogP contribution is 2.63. The van der Waals surface area contributed by atoms with E-state index in [-0.39, 0.29) is 28.6 Å². The Labute approximate surface area is 211 Å². The fourth-order valence-corrected chi connectivity index (χ4v) is 7.82. The van der Waals surface area contributed by atoms with Gasteiger partial charge in [-0.3, -0.25) is 14.6 Å². The third-order valence-corrected chi connectivity index (χ3v) is 9.65. The van der Waals surface area contributed by atoms with E-state index in [9.17, 15) is 9.59 Å². The van der Waals surface area contributed by atoms with E-state index >= 15 is 0 Å². The Morgan fingerprint density at radius 1 is 1.03 bits per heavy atom. The van der Waals surface area contributed by atoms with E-state index in [4.69, 9.17) is 17.3 Å². The van der Waals surface area contributed by atoms with Crippen LogP contribution in [-0.4, -0.2) is 29.4 Å². The zero-order valence-corrected chi connectivity index (χ0v) is 20.6. The summed E-state index contributed by atoms with van der Waals surface area (Å²) in [6, 6.07) is 11.1. The number of nitrogens with two attached hydrogens (primary N) is 1. The minimum absolute atomic E-state index is 0.0130. The monoisotopic (exact) mass is 492 g/mol. The molecule has 1 aromatic carbocycles. The van der Waals surface area contributed by atoms with Crippen molar-refractivity contribution in [2.75, 3.05) is 11.9 Å². The van der Waals surface area contributed by atoms with Crippen LogP contribution in [0.5, 0.6) is 0 Å². The van der Waals surface area contributed by atoms with Crippen LogP contribution in [0.15, 0.2) is 48.8 Å². The van der Waals surface area contributed by atoms with Crippen LogP contribution in [-0.2, 0) is 15.0 Å². The molecule has 5 aliphatic rings. The van der Waals surface area contributed by atoms with Gasteiger partial charge in [-0.25, -0.2) is 0 Å². The molecule has 5 fully saturated rings. The number of rotatable bonds is 7. The maximum absolute atomic E-state index is 13.4. The molecule has 0 aliphatic heterocycles. The standard InChI is InChI=1S/C28H33ClN4O2/c29-21-3-1-20(2-4-21)27(7-8-27)16-32-25(34)24(30)23-18-11-17-12-19(23)15-28(13-17,14-18)26(35)33-22-5-9-31-10-6-22/h1-6,9-10,17-19,23-24H,7-8,11-16,30H2,(H,32,34)(H,31,33,35). The average molecular weight is 493 g/mol. The maximum Gasteiger partial charge on any atom is 0.237 e. The van der Waals surface area contributed by atoms with Gasteiger partial charge >= 0.3 is 0 Å². The third kappa shape index (κ3) is 4.15. The van der Waals surface area contributed by atoms with Crippen LogP contribution in [0.3, 0.4) is 0 Å². The van der Waals surface area contributed by atoms with Gasteiger partial charge in [-0.05, 0) is 98.4 Å². The molecule has 0 spiro atoms. The summed E-state index contributed by atoms with van der Waals surface area (Å²) in [5, 5.41) is 7.05. The highest BCUT2D eigenvalue weighted by Gasteiger charge is 2.60. The summed E-state index contributed by atoms with van der Waals surface area (Å²) < 4.78 is 0. The van der Waals surface area contributed by atoms with Gasteiger partial charge in [-0.1, -0.05) is 23.7 Å². The number of halogens is 1. The Morgan fingerprint density at radius 3 is 2.31 bits per heavy atom. The molecule has 2 amide bonds. The smallest absolute Gasteiger partial charge is 0.237 e. The van der Waals surface area contributed by atoms with E-state index in [0.717, 1.165) is 55.7 Å². The highest BCUT2D eigenvalue weighted by molar-refractivity contribution is 6.30. The van der Waals surface area contributed by atoms with Crippen molar-refractivity contribution in [3.05, 3.63) is 59.4 Å². The third-order valence-electron chi connectivity index (χ3n) is 9.39. The van der Waals surface area contributed by atoms with Crippen LogP contribution in [0, 0.1) is 29.1 Å². The van der Waals surface area contributed by atoms with E-state index in [1.165, 1.54) is 5.56 Å². The second kappa shape index (κ2) is 8.59. The largest absolute Gasteiger partial charge is 0.354 e. The second-order valence-corrected chi connectivity index (χ2v) is 12.0. The van der Waals surface area contributed by atoms with Crippen molar-refractivity contribution >= 4 is 29.1 Å². The lowest BCUT2D eigenvalue weighted by molar-refractivity contribution is -0.151. The van der Waals surface area contributed by atoms with Crippen LogP contribution in [0.25, 0.3) is 0 Å². The lowest BCUT2D eigenvalue weighted by Crippen LogP contribution is -2.61. The van der Waals surface area contributed by atoms with Gasteiger partial charge in [0.1, 0.15) is 0 Å². The molecular weight excluding hydrogens is 460 g/mol. The molecule has 4 bridgehead atoms. The number of hydrogen-bond acceptors (Lipinski definition) is 4. The Morgan fingerprint density at radius 2 is 1.69 bits per heavy atom. The fourth-order valence-electron chi connectivity index (χ4n) is 7.70. The van der Waals surface area contributed by atoms with E-state index < -0.39 is 6.04 Å². The Kier molecular flexibility index (Phi) is 5.65. The second-order valence-electron chi connectivity index (χ2n) is 11.5. The Hall–Kier alpha value is -2.44. The van der Waals surface area contributed by atoms with Crippen molar-refractivity contribution in [1.29, 1.82) is 0 Å². The number of amides is 2. The van der Waals surface area contributed by atoms with E-state index in [0.29, 0.717) is 24.3 Å². The predicted octanol–water partition coefficient (Wildman–Crippen LogP) is 4.29. The zero-order chi connectivity index (χ0) is 24.2. The number of hydrogen-bond donors (Lipinski definition) is 3. The van der Waals surface area contributed by atoms with Crippen molar-refractivity contribution in [3.8, 4) is 0 Å². The van der Waals surface area contributed by atoms with Crippen molar-refractivity contribution in [1.82, 2.24) is 10.3 Å². The molecule has 2 aromatic rings. The molecule has 3 atom stereocenters. The molecule has 184 valence electrons. The van der Waals surface area contributed by atoms with Gasteiger partial charge in [0.2, 0.25) is 11.8 Å². The molecule has 1 aromatic heterocycles. The van der Waals surface area contributed by atoms with Gasteiger partial charge in [-0.2, -0.15) is 0 Å². The number of nitrogens with one attached hydrogen (secondary N) is 2. The Bertz CT molecular complexity index is 1100. The normalized spacial score (nSPS) is 32.6. The summed E-state index contributed by atoms with van der Waals surface area (Å²) >= 11 is 6.05. The fraction of sp³-hybridized carbons (Fsp3) is 0.536. The summed E-state index contributed by atoms with van der Waals surface area (Å²) in [5.41, 5.74) is 8.36. The molecule has 4 N–H and O–H groups in total.